The third kappa shape index (κ3) is 8.74. The highest BCUT2D eigenvalue weighted by Crippen LogP contribution is 2.38. The molecule has 1 aliphatic rings. The van der Waals surface area contributed by atoms with Crippen LogP contribution < -0.4 is 10.4 Å². The van der Waals surface area contributed by atoms with Crippen LogP contribution in [0.4, 0.5) is 0 Å². The molecule has 1 N–H and O–H groups in total. The van der Waals surface area contributed by atoms with Gasteiger partial charge in [0.25, 0.3) is 8.32 Å². The summed E-state index contributed by atoms with van der Waals surface area (Å²) in [6, 6.07) is 21.7. The van der Waals surface area contributed by atoms with Gasteiger partial charge in [-0.3, -0.25) is 9.69 Å². The molecule has 1 heterocycles. The lowest BCUT2D eigenvalue weighted by Crippen LogP contribution is -2.67. The molecule has 4 nitrogen and oxygen atoms in total. The van der Waals surface area contributed by atoms with E-state index in [1.54, 1.807) is 22.7 Å². The van der Waals surface area contributed by atoms with E-state index in [0.717, 1.165) is 25.0 Å². The van der Waals surface area contributed by atoms with Gasteiger partial charge in [0.05, 0.1) is 12.5 Å². The van der Waals surface area contributed by atoms with Crippen LogP contribution in [0.5, 0.6) is 0 Å². The van der Waals surface area contributed by atoms with Crippen molar-refractivity contribution in [2.45, 2.75) is 90.5 Å². The van der Waals surface area contributed by atoms with Crippen molar-refractivity contribution in [3.63, 3.8) is 0 Å². The zero-order valence-corrected chi connectivity index (χ0v) is 28.1. The molecule has 222 valence electrons. The predicted molar refractivity (Wildman–Crippen MR) is 181 cm³/mol. The fourth-order valence-corrected chi connectivity index (χ4v) is 11.9. The summed E-state index contributed by atoms with van der Waals surface area (Å²) in [7, 11) is -2.54. The SMILES string of the molecule is CC(C)[C@H]1CSC(=S)N1C(=O)C[C@@H](O)/C=C/C=C/CCC[C@H](C)O[Si](c1ccccc1)(c1ccccc1)C(C)(C)C. The van der Waals surface area contributed by atoms with Crippen LogP contribution in [0.25, 0.3) is 0 Å². The van der Waals surface area contributed by atoms with E-state index in [2.05, 4.69) is 108 Å². The number of nitrogens with zero attached hydrogens (tertiary/aromatic N) is 1. The van der Waals surface area contributed by atoms with Gasteiger partial charge in [-0.05, 0) is 47.5 Å². The summed E-state index contributed by atoms with van der Waals surface area (Å²) in [5.41, 5.74) is 0. The van der Waals surface area contributed by atoms with Crippen LogP contribution in [0.1, 0.15) is 67.2 Å². The molecule has 0 unspecified atom stereocenters. The smallest absolute Gasteiger partial charge is 0.261 e. The molecule has 0 aromatic heterocycles. The lowest BCUT2D eigenvalue weighted by molar-refractivity contribution is -0.130. The molecule has 3 rings (SSSR count). The second-order valence-corrected chi connectivity index (χ2v) is 18.2. The number of amides is 1. The van der Waals surface area contributed by atoms with Crippen molar-refractivity contribution in [1.82, 2.24) is 4.90 Å². The van der Waals surface area contributed by atoms with Gasteiger partial charge in [-0.2, -0.15) is 0 Å². The maximum Gasteiger partial charge on any atom is 0.261 e. The second-order valence-electron chi connectivity index (χ2n) is 12.3. The number of carbonyl (C=O) groups is 1. The third-order valence-electron chi connectivity index (χ3n) is 7.68. The van der Waals surface area contributed by atoms with Crippen LogP contribution in [0.15, 0.2) is 85.0 Å². The molecule has 7 heteroatoms. The van der Waals surface area contributed by atoms with Gasteiger partial charge in [-0.15, -0.1) is 0 Å². The molecule has 0 bridgehead atoms. The maximum absolute atomic E-state index is 12.8. The number of allylic oxidation sites excluding steroid dienone is 3. The Morgan fingerprint density at radius 3 is 2.20 bits per heavy atom. The molecule has 3 atom stereocenters. The first-order valence-electron chi connectivity index (χ1n) is 14.8. The van der Waals surface area contributed by atoms with Crippen LogP contribution in [0.2, 0.25) is 5.04 Å². The first-order chi connectivity index (χ1) is 19.5. The molecule has 1 saturated heterocycles. The van der Waals surface area contributed by atoms with Gasteiger partial charge in [-0.25, -0.2) is 0 Å². The van der Waals surface area contributed by atoms with Gasteiger partial charge in [-0.1, -0.05) is 144 Å². The molecule has 2 aromatic carbocycles. The van der Waals surface area contributed by atoms with Crippen LogP contribution in [-0.2, 0) is 9.22 Å². The first-order valence-corrected chi connectivity index (χ1v) is 18.1. The van der Waals surface area contributed by atoms with Crippen LogP contribution >= 0.6 is 24.0 Å². The van der Waals surface area contributed by atoms with E-state index in [0.29, 0.717) is 10.2 Å². The van der Waals surface area contributed by atoms with E-state index in [4.69, 9.17) is 16.6 Å². The zero-order chi connectivity index (χ0) is 30.0. The maximum atomic E-state index is 12.8. The normalized spacial score (nSPS) is 18.1. The number of aliphatic hydroxyl groups excluding tert-OH is 1. The number of benzene rings is 2. The standard InChI is InChI=1S/C34H47NO3S2Si/c1-26(2)31-25-40-33(39)35(31)32(37)24-28(36)19-13-9-7-8-12-18-27(3)38-41(34(4,5)6,29-20-14-10-15-21-29)30-22-16-11-17-23-30/h7,9-11,13-17,19-23,26-28,31,36H,8,12,18,24-25H2,1-6H3/b9-7+,19-13+/t27-,28-,31+/m0/s1. The van der Waals surface area contributed by atoms with Crippen LogP contribution in [-0.4, -0.2) is 52.6 Å². The number of hydrogen-bond acceptors (Lipinski definition) is 5. The number of aliphatic hydroxyl groups is 1. The van der Waals surface area contributed by atoms with Crippen molar-refractivity contribution in [1.29, 1.82) is 0 Å². The van der Waals surface area contributed by atoms with Gasteiger partial charge < -0.3 is 9.53 Å². The van der Waals surface area contributed by atoms with Crippen molar-refractivity contribution in [2.24, 2.45) is 5.92 Å². The molecular weight excluding hydrogens is 563 g/mol. The number of hydrogen-bond donors (Lipinski definition) is 1. The molecule has 0 radical (unpaired) electrons. The molecule has 0 saturated carbocycles. The van der Waals surface area contributed by atoms with Crippen LogP contribution in [0.3, 0.4) is 0 Å². The van der Waals surface area contributed by atoms with Crippen molar-refractivity contribution in [3.8, 4) is 0 Å². The van der Waals surface area contributed by atoms with Crippen molar-refractivity contribution in [3.05, 3.63) is 85.0 Å². The van der Waals surface area contributed by atoms with Gasteiger partial charge >= 0.3 is 0 Å². The molecule has 0 spiro atoms. The van der Waals surface area contributed by atoms with Gasteiger partial charge in [0.15, 0.2) is 0 Å². The minimum atomic E-state index is -2.54. The fraction of sp³-hybridized carbons (Fsp3) is 0.471. The van der Waals surface area contributed by atoms with Crippen molar-refractivity contribution in [2.75, 3.05) is 5.75 Å². The lowest BCUT2D eigenvalue weighted by Gasteiger charge is -2.44. The minimum absolute atomic E-state index is 0.0366. The average Bonchev–Trinajstić information content (AvgIpc) is 3.33. The van der Waals surface area contributed by atoms with E-state index in [-0.39, 0.29) is 29.5 Å². The Morgan fingerprint density at radius 1 is 1.07 bits per heavy atom. The summed E-state index contributed by atoms with van der Waals surface area (Å²) in [5, 5.41) is 13.0. The Balaban J connectivity index is 1.53. The number of carbonyl (C=O) groups excluding carboxylic acids is 1. The number of thioether (sulfide) groups is 1. The monoisotopic (exact) mass is 609 g/mol. The summed E-state index contributed by atoms with van der Waals surface area (Å²) >= 11 is 6.93. The highest BCUT2D eigenvalue weighted by atomic mass is 32.2. The molecule has 2 aromatic rings. The van der Waals surface area contributed by atoms with E-state index < -0.39 is 14.4 Å². The van der Waals surface area contributed by atoms with Gasteiger partial charge in [0, 0.05) is 17.9 Å². The second kappa shape index (κ2) is 15.4. The van der Waals surface area contributed by atoms with E-state index in [9.17, 15) is 9.90 Å². The Labute approximate surface area is 258 Å². The number of rotatable bonds is 13. The quantitative estimate of drug-likeness (QED) is 0.116. The van der Waals surface area contributed by atoms with Gasteiger partial charge in [0.1, 0.15) is 4.32 Å². The first kappa shape index (κ1) is 33.5. The Morgan fingerprint density at radius 2 is 1.66 bits per heavy atom. The predicted octanol–water partition coefficient (Wildman–Crippen LogP) is 6.87. The topological polar surface area (TPSA) is 49.8 Å². The Bertz CT molecular complexity index is 1140. The fourth-order valence-electron chi connectivity index (χ4n) is 5.50. The number of thiocarbonyl (C=S) groups is 1. The highest BCUT2D eigenvalue weighted by Gasteiger charge is 2.50. The van der Waals surface area contributed by atoms with E-state index in [1.807, 2.05) is 12.2 Å². The lowest BCUT2D eigenvalue weighted by atomic mass is 10.0. The van der Waals surface area contributed by atoms with Crippen molar-refractivity contribution < 1.29 is 14.3 Å². The molecular formula is C34H47NO3S2Si. The molecule has 1 fully saturated rings. The molecule has 1 aliphatic heterocycles. The largest absolute Gasteiger partial charge is 0.405 e. The summed E-state index contributed by atoms with van der Waals surface area (Å²) < 4.78 is 7.79. The summed E-state index contributed by atoms with van der Waals surface area (Å²) in [5.74, 6) is 1.06. The Kier molecular flexibility index (Phi) is 12.6. The van der Waals surface area contributed by atoms with Crippen molar-refractivity contribution >= 4 is 52.9 Å². The summed E-state index contributed by atoms with van der Waals surface area (Å²) in [6.07, 6.45) is 9.80. The summed E-state index contributed by atoms with van der Waals surface area (Å²) in [4.78, 5) is 14.5. The molecule has 41 heavy (non-hydrogen) atoms. The van der Waals surface area contributed by atoms with E-state index >= 15 is 0 Å². The third-order valence-corrected chi connectivity index (χ3v) is 14.3. The zero-order valence-electron chi connectivity index (χ0n) is 25.5. The minimum Gasteiger partial charge on any atom is -0.405 e. The summed E-state index contributed by atoms with van der Waals surface area (Å²) in [6.45, 7) is 13.3. The molecule has 1 amide bonds. The number of unbranched alkanes of at least 4 members (excludes halogenated alkanes) is 1. The highest BCUT2D eigenvalue weighted by molar-refractivity contribution is 8.23. The molecule has 0 aliphatic carbocycles. The van der Waals surface area contributed by atoms with Crippen LogP contribution in [0, 0.1) is 5.92 Å². The van der Waals surface area contributed by atoms with E-state index in [1.165, 1.54) is 10.4 Å². The Hall–Kier alpha value is -2.03. The average molecular weight is 610 g/mol. The van der Waals surface area contributed by atoms with Gasteiger partial charge in [0.2, 0.25) is 5.91 Å².